The van der Waals surface area contributed by atoms with Crippen LogP contribution in [0.1, 0.15) is 37.0 Å². The van der Waals surface area contributed by atoms with Gasteiger partial charge in [-0.1, -0.05) is 18.0 Å². The quantitative estimate of drug-likeness (QED) is 0.933. The van der Waals surface area contributed by atoms with Crippen LogP contribution >= 0.6 is 11.6 Å². The third-order valence-electron chi connectivity index (χ3n) is 3.74. The summed E-state index contributed by atoms with van der Waals surface area (Å²) < 4.78 is 1.92. The van der Waals surface area contributed by atoms with E-state index in [1.54, 1.807) is 12.5 Å². The molecule has 1 saturated heterocycles. The van der Waals surface area contributed by atoms with Gasteiger partial charge in [0.25, 0.3) is 0 Å². The molecule has 0 amide bonds. The number of nitrogens with one attached hydrogen (secondary N) is 1. The summed E-state index contributed by atoms with van der Waals surface area (Å²) >= 11 is 6.04. The van der Waals surface area contributed by atoms with E-state index in [4.69, 9.17) is 11.6 Å². The Kier molecular flexibility index (Phi) is 3.52. The highest BCUT2D eigenvalue weighted by Gasteiger charge is 2.27. The van der Waals surface area contributed by atoms with Crippen molar-refractivity contribution < 1.29 is 0 Å². The van der Waals surface area contributed by atoms with Crippen molar-refractivity contribution in [3.63, 3.8) is 0 Å². The van der Waals surface area contributed by atoms with Crippen molar-refractivity contribution in [2.45, 2.75) is 31.8 Å². The van der Waals surface area contributed by atoms with Crippen LogP contribution in [0, 0.1) is 0 Å². The van der Waals surface area contributed by atoms with Crippen molar-refractivity contribution in [1.29, 1.82) is 0 Å². The third-order valence-corrected chi connectivity index (χ3v) is 4.09. The summed E-state index contributed by atoms with van der Waals surface area (Å²) in [5.41, 5.74) is 0. The average molecular weight is 281 g/mol. The van der Waals surface area contributed by atoms with E-state index >= 15 is 0 Å². The molecule has 0 saturated carbocycles. The topological polar surface area (TPSA) is 62.6 Å². The van der Waals surface area contributed by atoms with Crippen LogP contribution in [0.4, 0.5) is 0 Å². The molecule has 0 bridgehead atoms. The Morgan fingerprint density at radius 2 is 2.32 bits per heavy atom. The van der Waals surface area contributed by atoms with Crippen LogP contribution in [0.2, 0.25) is 5.15 Å². The van der Waals surface area contributed by atoms with Crippen molar-refractivity contribution in [2.75, 3.05) is 6.54 Å². The summed E-state index contributed by atoms with van der Waals surface area (Å²) in [5.74, 6) is 1.93. The maximum absolute atomic E-state index is 6.04. The van der Waals surface area contributed by atoms with Crippen LogP contribution in [-0.2, 0) is 13.6 Å². The van der Waals surface area contributed by atoms with E-state index in [9.17, 15) is 0 Å². The van der Waals surface area contributed by atoms with E-state index in [0.29, 0.717) is 11.2 Å². The fourth-order valence-electron chi connectivity index (χ4n) is 2.62. The van der Waals surface area contributed by atoms with E-state index in [2.05, 4.69) is 25.1 Å². The van der Waals surface area contributed by atoms with Gasteiger partial charge in [0.2, 0.25) is 0 Å². The minimum atomic E-state index is 0.298. The highest BCUT2D eigenvalue weighted by molar-refractivity contribution is 6.29. The van der Waals surface area contributed by atoms with E-state index in [1.165, 1.54) is 12.8 Å². The van der Waals surface area contributed by atoms with Gasteiger partial charge in [0.15, 0.2) is 0 Å². The minimum Gasteiger partial charge on any atom is -0.321 e. The van der Waals surface area contributed by atoms with E-state index in [1.807, 2.05) is 11.6 Å². The molecule has 0 unspecified atom stereocenters. The van der Waals surface area contributed by atoms with Crippen molar-refractivity contribution in [3.05, 3.63) is 29.3 Å². The first-order valence-corrected chi connectivity index (χ1v) is 6.89. The van der Waals surface area contributed by atoms with Gasteiger partial charge in [0.1, 0.15) is 23.1 Å². The van der Waals surface area contributed by atoms with Crippen LogP contribution < -0.4 is 0 Å². The number of aromatic amines is 1. The van der Waals surface area contributed by atoms with Crippen molar-refractivity contribution >= 4 is 11.6 Å². The standard InChI is InChI=1S/C12H17ClN6/c1-18-10(13)6-14-11(18)7-19-5-3-2-4-9(19)12-15-8-16-17-12/h6,8-9H,2-5,7H2,1H3,(H,15,16,17)/t9-/m1/s1. The summed E-state index contributed by atoms with van der Waals surface area (Å²) in [6.07, 6.45) is 6.81. The predicted molar refractivity (Wildman–Crippen MR) is 71.6 cm³/mol. The van der Waals surface area contributed by atoms with Gasteiger partial charge in [-0.25, -0.2) is 9.97 Å². The Balaban J connectivity index is 1.79. The average Bonchev–Trinajstić information content (AvgIpc) is 3.05. The van der Waals surface area contributed by atoms with Gasteiger partial charge >= 0.3 is 0 Å². The molecule has 3 heterocycles. The van der Waals surface area contributed by atoms with Gasteiger partial charge in [-0.15, -0.1) is 0 Å². The molecule has 0 spiro atoms. The highest BCUT2D eigenvalue weighted by atomic mass is 35.5. The largest absolute Gasteiger partial charge is 0.321 e. The second kappa shape index (κ2) is 5.30. The Morgan fingerprint density at radius 3 is 3.00 bits per heavy atom. The molecule has 1 aliphatic rings. The number of hydrogen-bond acceptors (Lipinski definition) is 4. The minimum absolute atomic E-state index is 0.298. The molecule has 1 fully saturated rings. The van der Waals surface area contributed by atoms with Crippen LogP contribution in [-0.4, -0.2) is 36.2 Å². The van der Waals surface area contributed by atoms with Crippen LogP contribution in [0.25, 0.3) is 0 Å². The lowest BCUT2D eigenvalue weighted by Gasteiger charge is -2.33. The van der Waals surface area contributed by atoms with E-state index < -0.39 is 0 Å². The highest BCUT2D eigenvalue weighted by Crippen LogP contribution is 2.29. The number of aromatic nitrogens is 5. The molecule has 0 radical (unpaired) electrons. The molecule has 6 nitrogen and oxygen atoms in total. The third kappa shape index (κ3) is 2.50. The molecule has 3 rings (SSSR count). The smallest absolute Gasteiger partial charge is 0.141 e. The number of halogens is 1. The fourth-order valence-corrected chi connectivity index (χ4v) is 2.76. The summed E-state index contributed by atoms with van der Waals surface area (Å²) in [6.45, 7) is 1.84. The number of imidazole rings is 1. The lowest BCUT2D eigenvalue weighted by Crippen LogP contribution is -2.34. The molecule has 2 aromatic rings. The first kappa shape index (κ1) is 12.6. The van der Waals surface area contributed by atoms with Crippen LogP contribution in [0.5, 0.6) is 0 Å². The number of piperidine rings is 1. The second-order valence-electron chi connectivity index (χ2n) is 4.91. The Bertz CT molecular complexity index is 534. The summed E-state index contributed by atoms with van der Waals surface area (Å²) in [5, 5.41) is 7.61. The summed E-state index contributed by atoms with van der Waals surface area (Å²) in [7, 11) is 1.94. The Hall–Kier alpha value is -1.40. The van der Waals surface area contributed by atoms with Crippen LogP contribution in [0.15, 0.2) is 12.5 Å². The molecule has 1 aliphatic heterocycles. The van der Waals surface area contributed by atoms with Crippen LogP contribution in [0.3, 0.4) is 0 Å². The molecule has 2 aromatic heterocycles. The molecule has 7 heteroatoms. The van der Waals surface area contributed by atoms with Crippen molar-refractivity contribution in [3.8, 4) is 0 Å². The maximum Gasteiger partial charge on any atom is 0.141 e. The molecule has 1 atom stereocenters. The van der Waals surface area contributed by atoms with E-state index in [0.717, 1.165) is 31.2 Å². The number of likely N-dealkylation sites (tertiary alicyclic amines) is 1. The number of nitrogens with zero attached hydrogens (tertiary/aromatic N) is 5. The zero-order valence-corrected chi connectivity index (χ0v) is 11.6. The zero-order chi connectivity index (χ0) is 13.2. The molecule has 19 heavy (non-hydrogen) atoms. The first-order valence-electron chi connectivity index (χ1n) is 6.51. The Morgan fingerprint density at radius 1 is 1.42 bits per heavy atom. The molecule has 0 aliphatic carbocycles. The summed E-state index contributed by atoms with van der Waals surface area (Å²) in [6, 6.07) is 0.298. The van der Waals surface area contributed by atoms with Crippen molar-refractivity contribution in [2.24, 2.45) is 7.05 Å². The molecule has 102 valence electrons. The van der Waals surface area contributed by atoms with Gasteiger partial charge in [-0.3, -0.25) is 10.00 Å². The number of rotatable bonds is 3. The Labute approximate surface area is 116 Å². The molecule has 1 N–H and O–H groups in total. The second-order valence-corrected chi connectivity index (χ2v) is 5.30. The van der Waals surface area contributed by atoms with E-state index in [-0.39, 0.29) is 0 Å². The number of hydrogen-bond donors (Lipinski definition) is 1. The summed E-state index contributed by atoms with van der Waals surface area (Å²) in [4.78, 5) is 11.1. The molecule has 0 aromatic carbocycles. The van der Waals surface area contributed by atoms with Gasteiger partial charge in [-0.05, 0) is 19.4 Å². The first-order chi connectivity index (χ1) is 9.25. The van der Waals surface area contributed by atoms with Crippen molar-refractivity contribution in [1.82, 2.24) is 29.6 Å². The SMILES string of the molecule is Cn1c(Cl)cnc1CN1CCCC[C@@H]1c1ncn[nH]1. The molecular formula is C12H17ClN6. The lowest BCUT2D eigenvalue weighted by atomic mass is 10.0. The molecular weight excluding hydrogens is 264 g/mol. The van der Waals surface area contributed by atoms with Gasteiger partial charge in [-0.2, -0.15) is 5.10 Å². The monoisotopic (exact) mass is 280 g/mol. The maximum atomic E-state index is 6.04. The van der Waals surface area contributed by atoms with Gasteiger partial charge in [0.05, 0.1) is 18.8 Å². The zero-order valence-electron chi connectivity index (χ0n) is 10.9. The van der Waals surface area contributed by atoms with Gasteiger partial charge in [0, 0.05) is 7.05 Å². The predicted octanol–water partition coefficient (Wildman–Crippen LogP) is 1.92. The lowest BCUT2D eigenvalue weighted by molar-refractivity contribution is 0.129. The normalized spacial score (nSPS) is 20.8. The fraction of sp³-hybridized carbons (Fsp3) is 0.583. The number of H-pyrrole nitrogens is 1. The van der Waals surface area contributed by atoms with Gasteiger partial charge < -0.3 is 4.57 Å².